The summed E-state index contributed by atoms with van der Waals surface area (Å²) in [7, 11) is 1.58. The van der Waals surface area contributed by atoms with Crippen LogP contribution in [-0.2, 0) is 17.9 Å². The molecule has 1 fully saturated rings. The van der Waals surface area contributed by atoms with Gasteiger partial charge in [-0.1, -0.05) is 46.3 Å². The quantitative estimate of drug-likeness (QED) is 0.188. The lowest BCUT2D eigenvalue weighted by Crippen LogP contribution is -2.28. The summed E-state index contributed by atoms with van der Waals surface area (Å²) in [6, 6.07) is 25.3. The molecule has 0 radical (unpaired) electrons. The van der Waals surface area contributed by atoms with Crippen LogP contribution in [0, 0.1) is 5.82 Å². The number of thioether (sulfide) groups is 1. The summed E-state index contributed by atoms with van der Waals surface area (Å²) in [5, 5.41) is 9.70. The maximum absolute atomic E-state index is 14.2. The minimum atomic E-state index is -1.02. The van der Waals surface area contributed by atoms with Crippen LogP contribution in [-0.4, -0.2) is 34.2 Å². The van der Waals surface area contributed by atoms with Crippen molar-refractivity contribution in [1.82, 2.24) is 4.90 Å². The molecule has 1 heterocycles. The summed E-state index contributed by atoms with van der Waals surface area (Å²) in [5.41, 5.74) is 2.59. The maximum Gasteiger partial charge on any atom is 0.335 e. The first-order valence-corrected chi connectivity index (χ1v) is 14.3. The first-order valence-electron chi connectivity index (χ1n) is 12.7. The average Bonchev–Trinajstić information content (AvgIpc) is 3.27. The van der Waals surface area contributed by atoms with Gasteiger partial charge in [-0.15, -0.1) is 0 Å². The Hall–Kier alpha value is -4.41. The van der Waals surface area contributed by atoms with Crippen molar-refractivity contribution in [3.8, 4) is 11.5 Å². The molecule has 212 valence electrons. The molecule has 0 unspecified atom stereocenters. The average molecular weight is 648 g/mol. The number of amides is 1. The van der Waals surface area contributed by atoms with Gasteiger partial charge in [0, 0.05) is 15.6 Å². The number of benzene rings is 4. The largest absolute Gasteiger partial charge is 0.497 e. The number of ether oxygens (including phenoxy) is 2. The number of methoxy groups -OCH3 is 1. The smallest absolute Gasteiger partial charge is 0.335 e. The lowest BCUT2D eigenvalue weighted by Gasteiger charge is -2.16. The van der Waals surface area contributed by atoms with Crippen molar-refractivity contribution in [2.45, 2.75) is 13.2 Å². The molecule has 0 bridgehead atoms. The fourth-order valence-electron chi connectivity index (χ4n) is 4.11. The molecule has 7 nitrogen and oxygen atoms in total. The number of carboxylic acids is 1. The third-order valence-electron chi connectivity index (χ3n) is 6.33. The van der Waals surface area contributed by atoms with Gasteiger partial charge in [0.1, 0.15) is 23.9 Å². The third-order valence-corrected chi connectivity index (χ3v) is 7.83. The van der Waals surface area contributed by atoms with Gasteiger partial charge in [-0.05, 0) is 84.1 Å². The SMILES string of the molecule is COc1ccc(N=C2S/C(=C\c3cc(Br)ccc3OCc3ccccc3F)C(=O)N2Cc2ccc(C(=O)O)cc2)cc1. The van der Waals surface area contributed by atoms with Gasteiger partial charge in [0.15, 0.2) is 5.17 Å². The molecule has 0 spiro atoms. The van der Waals surface area contributed by atoms with Gasteiger partial charge in [-0.3, -0.25) is 9.69 Å². The molecule has 42 heavy (non-hydrogen) atoms. The predicted octanol–water partition coefficient (Wildman–Crippen LogP) is 7.68. The number of hydrogen-bond donors (Lipinski definition) is 1. The number of carbonyl (C=O) groups is 2. The molecular formula is C32H24BrFN2O5S. The molecule has 4 aromatic rings. The van der Waals surface area contributed by atoms with Crippen LogP contribution < -0.4 is 9.47 Å². The van der Waals surface area contributed by atoms with E-state index in [2.05, 4.69) is 15.9 Å². The Bertz CT molecular complexity index is 1690. The lowest BCUT2D eigenvalue weighted by atomic mass is 10.1. The Labute approximate surface area is 254 Å². The van der Waals surface area contributed by atoms with Crippen LogP contribution >= 0.6 is 27.7 Å². The number of carboxylic acid groups (broad SMARTS) is 1. The zero-order valence-electron chi connectivity index (χ0n) is 22.3. The summed E-state index contributed by atoms with van der Waals surface area (Å²) >= 11 is 4.70. The van der Waals surface area contributed by atoms with E-state index in [1.54, 1.807) is 78.7 Å². The summed E-state index contributed by atoms with van der Waals surface area (Å²) < 4.78 is 26.2. The van der Waals surface area contributed by atoms with Gasteiger partial charge in [0.2, 0.25) is 0 Å². The molecule has 0 saturated carbocycles. The van der Waals surface area contributed by atoms with Crippen LogP contribution in [0.3, 0.4) is 0 Å². The maximum atomic E-state index is 14.2. The van der Waals surface area contributed by atoms with Gasteiger partial charge < -0.3 is 14.6 Å². The van der Waals surface area contributed by atoms with Gasteiger partial charge in [-0.25, -0.2) is 14.2 Å². The fraction of sp³-hybridized carbons (Fsp3) is 0.0938. The Morgan fingerprint density at radius 1 is 1.05 bits per heavy atom. The van der Waals surface area contributed by atoms with E-state index in [0.29, 0.717) is 38.4 Å². The summed E-state index contributed by atoms with van der Waals surface area (Å²) in [6.45, 7) is 0.210. The van der Waals surface area contributed by atoms with Crippen molar-refractivity contribution in [3.63, 3.8) is 0 Å². The normalized spacial score (nSPS) is 14.9. The molecular weight excluding hydrogens is 623 g/mol. The number of nitrogens with zero attached hydrogens (tertiary/aromatic N) is 2. The topological polar surface area (TPSA) is 88.4 Å². The zero-order chi connectivity index (χ0) is 29.6. The van der Waals surface area contributed by atoms with Crippen molar-refractivity contribution in [2.24, 2.45) is 4.99 Å². The van der Waals surface area contributed by atoms with Gasteiger partial charge >= 0.3 is 5.97 Å². The van der Waals surface area contributed by atoms with E-state index in [-0.39, 0.29) is 30.4 Å². The molecule has 0 aromatic heterocycles. The Balaban J connectivity index is 1.47. The molecule has 1 aliphatic rings. The van der Waals surface area contributed by atoms with E-state index in [1.807, 2.05) is 12.1 Å². The summed E-state index contributed by atoms with van der Waals surface area (Å²) in [6.07, 6.45) is 1.73. The van der Waals surface area contributed by atoms with E-state index >= 15 is 0 Å². The third kappa shape index (κ3) is 6.89. The minimum Gasteiger partial charge on any atom is -0.497 e. The van der Waals surface area contributed by atoms with E-state index in [9.17, 15) is 19.1 Å². The summed E-state index contributed by atoms with van der Waals surface area (Å²) in [5.74, 6) is -0.484. The highest BCUT2D eigenvalue weighted by Crippen LogP contribution is 2.37. The molecule has 1 N–H and O–H groups in total. The molecule has 5 rings (SSSR count). The number of halogens is 2. The predicted molar refractivity (Wildman–Crippen MR) is 164 cm³/mol. The van der Waals surface area contributed by atoms with Crippen molar-refractivity contribution in [1.29, 1.82) is 0 Å². The second-order valence-corrected chi connectivity index (χ2v) is 11.1. The number of hydrogen-bond acceptors (Lipinski definition) is 6. The van der Waals surface area contributed by atoms with Crippen molar-refractivity contribution in [3.05, 3.63) is 128 Å². The number of amidine groups is 1. The first-order chi connectivity index (χ1) is 20.3. The van der Waals surface area contributed by atoms with E-state index < -0.39 is 5.97 Å². The van der Waals surface area contributed by atoms with Crippen LogP contribution in [0.4, 0.5) is 10.1 Å². The first kappa shape index (κ1) is 29.1. The standard InChI is InChI=1S/C32H24BrFN2O5S/c1-40-26-13-11-25(12-14-26)35-32-36(18-20-6-8-21(9-7-20)31(38)39)30(37)29(42-32)17-23-16-24(33)10-15-28(23)41-19-22-4-2-3-5-27(22)34/h2-17H,18-19H2,1H3,(H,38,39)/b29-17-,35-32?. The summed E-state index contributed by atoms with van der Waals surface area (Å²) in [4.78, 5) is 31.7. The Kier molecular flexibility index (Phi) is 9.04. The highest BCUT2D eigenvalue weighted by atomic mass is 79.9. The number of aromatic carboxylic acids is 1. The molecule has 4 aromatic carbocycles. The molecule has 0 aliphatic carbocycles. The molecule has 1 saturated heterocycles. The molecule has 10 heteroatoms. The fourth-order valence-corrected chi connectivity index (χ4v) is 5.48. The number of aliphatic imine (C=N–C) groups is 1. The van der Waals surface area contributed by atoms with Crippen molar-refractivity contribution < 1.29 is 28.6 Å². The molecule has 1 aliphatic heterocycles. The number of rotatable bonds is 9. The highest BCUT2D eigenvalue weighted by molar-refractivity contribution is 9.10. The van der Waals surface area contributed by atoms with Crippen LogP contribution in [0.5, 0.6) is 11.5 Å². The Morgan fingerprint density at radius 3 is 2.48 bits per heavy atom. The van der Waals surface area contributed by atoms with Gasteiger partial charge in [0.25, 0.3) is 5.91 Å². The van der Waals surface area contributed by atoms with E-state index in [1.165, 1.54) is 30.0 Å². The minimum absolute atomic E-state index is 0.0220. The van der Waals surface area contributed by atoms with Gasteiger partial charge in [-0.2, -0.15) is 0 Å². The Morgan fingerprint density at radius 2 is 1.79 bits per heavy atom. The van der Waals surface area contributed by atoms with Crippen molar-refractivity contribution >= 4 is 56.5 Å². The second-order valence-electron chi connectivity index (χ2n) is 9.16. The lowest BCUT2D eigenvalue weighted by molar-refractivity contribution is -0.122. The van der Waals surface area contributed by atoms with Crippen LogP contribution in [0.15, 0.2) is 105 Å². The van der Waals surface area contributed by atoms with Crippen LogP contribution in [0.25, 0.3) is 6.08 Å². The van der Waals surface area contributed by atoms with Gasteiger partial charge in [0.05, 0.1) is 29.8 Å². The second kappa shape index (κ2) is 13.1. The zero-order valence-corrected chi connectivity index (χ0v) is 24.7. The molecule has 1 amide bonds. The molecule has 0 atom stereocenters. The number of carbonyl (C=O) groups excluding carboxylic acids is 1. The highest BCUT2D eigenvalue weighted by Gasteiger charge is 2.34. The van der Waals surface area contributed by atoms with Crippen molar-refractivity contribution in [2.75, 3.05) is 7.11 Å². The van der Waals surface area contributed by atoms with E-state index in [0.717, 1.165) is 10.0 Å². The van der Waals surface area contributed by atoms with Crippen LogP contribution in [0.2, 0.25) is 0 Å². The van der Waals surface area contributed by atoms with E-state index in [4.69, 9.17) is 14.5 Å². The van der Waals surface area contributed by atoms with Crippen LogP contribution in [0.1, 0.15) is 27.0 Å². The monoisotopic (exact) mass is 646 g/mol.